The van der Waals surface area contributed by atoms with Gasteiger partial charge >= 0.3 is 0 Å². The lowest BCUT2D eigenvalue weighted by Gasteiger charge is -2.35. The van der Waals surface area contributed by atoms with Crippen molar-refractivity contribution in [2.45, 2.75) is 78.2 Å². The molecule has 3 unspecified atom stereocenters. The van der Waals surface area contributed by atoms with Gasteiger partial charge in [0.15, 0.2) is 0 Å². The van der Waals surface area contributed by atoms with E-state index < -0.39 is 0 Å². The molecule has 2 aliphatic rings. The van der Waals surface area contributed by atoms with Crippen molar-refractivity contribution in [2.24, 2.45) is 28.9 Å². The van der Waals surface area contributed by atoms with Crippen LogP contribution >= 0.6 is 0 Å². The third-order valence-electron chi connectivity index (χ3n) is 6.02. The van der Waals surface area contributed by atoms with Crippen molar-refractivity contribution in [1.82, 2.24) is 5.32 Å². The highest BCUT2D eigenvalue weighted by molar-refractivity contribution is 4.94. The van der Waals surface area contributed by atoms with E-state index in [-0.39, 0.29) is 5.54 Å². The van der Waals surface area contributed by atoms with Crippen LogP contribution < -0.4 is 11.1 Å². The van der Waals surface area contributed by atoms with Gasteiger partial charge in [0.2, 0.25) is 0 Å². The zero-order valence-corrected chi connectivity index (χ0v) is 14.2. The largest absolute Gasteiger partial charge is 0.329 e. The van der Waals surface area contributed by atoms with Crippen LogP contribution in [0, 0.1) is 23.2 Å². The van der Waals surface area contributed by atoms with Crippen LogP contribution in [0.4, 0.5) is 0 Å². The topological polar surface area (TPSA) is 38.0 Å². The number of hydrogen-bond donors (Lipinski definition) is 2. The van der Waals surface area contributed by atoms with Crippen LogP contribution in [-0.2, 0) is 0 Å². The molecule has 2 heteroatoms. The van der Waals surface area contributed by atoms with Gasteiger partial charge in [-0.3, -0.25) is 0 Å². The van der Waals surface area contributed by atoms with Crippen LogP contribution in [0.15, 0.2) is 0 Å². The van der Waals surface area contributed by atoms with E-state index in [1.807, 2.05) is 0 Å². The number of nitrogens with one attached hydrogen (secondary N) is 1. The summed E-state index contributed by atoms with van der Waals surface area (Å²) in [6.07, 6.45) is 9.49. The maximum atomic E-state index is 6.18. The summed E-state index contributed by atoms with van der Waals surface area (Å²) < 4.78 is 0. The molecule has 0 spiro atoms. The normalized spacial score (nSPS) is 33.8. The van der Waals surface area contributed by atoms with Gasteiger partial charge in [0.25, 0.3) is 0 Å². The summed E-state index contributed by atoms with van der Waals surface area (Å²) >= 11 is 0. The van der Waals surface area contributed by atoms with Gasteiger partial charge < -0.3 is 11.1 Å². The summed E-state index contributed by atoms with van der Waals surface area (Å²) in [7, 11) is 0. The molecule has 3 N–H and O–H groups in total. The van der Waals surface area contributed by atoms with Gasteiger partial charge in [-0.25, -0.2) is 0 Å². The summed E-state index contributed by atoms with van der Waals surface area (Å²) in [5, 5.41) is 3.89. The van der Waals surface area contributed by atoms with Crippen molar-refractivity contribution < 1.29 is 0 Å². The molecule has 0 aromatic rings. The van der Waals surface area contributed by atoms with Crippen molar-refractivity contribution in [2.75, 3.05) is 13.1 Å². The average Bonchev–Trinajstić information content (AvgIpc) is 3.21. The smallest absolute Gasteiger partial charge is 0.0304 e. The fraction of sp³-hybridized carbons (Fsp3) is 1.00. The van der Waals surface area contributed by atoms with Gasteiger partial charge in [-0.2, -0.15) is 0 Å². The Balaban J connectivity index is 1.89. The first kappa shape index (κ1) is 16.3. The van der Waals surface area contributed by atoms with Gasteiger partial charge in [-0.1, -0.05) is 34.1 Å². The zero-order chi connectivity index (χ0) is 14.8. The molecule has 0 aromatic heterocycles. The molecule has 3 atom stereocenters. The van der Waals surface area contributed by atoms with Crippen LogP contribution in [0.5, 0.6) is 0 Å². The van der Waals surface area contributed by atoms with E-state index in [0.717, 1.165) is 24.3 Å². The molecule has 2 aliphatic carbocycles. The van der Waals surface area contributed by atoms with Crippen molar-refractivity contribution in [3.05, 3.63) is 0 Å². The summed E-state index contributed by atoms with van der Waals surface area (Å²) in [4.78, 5) is 0. The molecule has 2 nitrogen and oxygen atoms in total. The van der Waals surface area contributed by atoms with Crippen LogP contribution in [0.25, 0.3) is 0 Å². The average molecular weight is 281 g/mol. The van der Waals surface area contributed by atoms with Crippen molar-refractivity contribution in [3.63, 3.8) is 0 Å². The molecular formula is C18H36N2. The second kappa shape index (κ2) is 6.36. The fourth-order valence-electron chi connectivity index (χ4n) is 3.94. The first-order valence-corrected chi connectivity index (χ1v) is 8.81. The Morgan fingerprint density at radius 1 is 1.15 bits per heavy atom. The summed E-state index contributed by atoms with van der Waals surface area (Å²) in [5.41, 5.74) is 6.85. The highest BCUT2D eigenvalue weighted by Crippen LogP contribution is 2.40. The zero-order valence-electron chi connectivity index (χ0n) is 14.2. The molecule has 0 saturated heterocycles. The van der Waals surface area contributed by atoms with Crippen LogP contribution in [0.3, 0.4) is 0 Å². The summed E-state index contributed by atoms with van der Waals surface area (Å²) in [5.74, 6) is 2.68. The molecular weight excluding hydrogens is 244 g/mol. The van der Waals surface area contributed by atoms with Gasteiger partial charge in [-0.05, 0) is 68.2 Å². The van der Waals surface area contributed by atoms with Gasteiger partial charge in [0.05, 0.1) is 0 Å². The van der Waals surface area contributed by atoms with E-state index >= 15 is 0 Å². The van der Waals surface area contributed by atoms with Crippen molar-refractivity contribution in [1.29, 1.82) is 0 Å². The van der Waals surface area contributed by atoms with Gasteiger partial charge in [-0.15, -0.1) is 0 Å². The maximum Gasteiger partial charge on any atom is 0.0304 e. The third-order valence-corrected chi connectivity index (χ3v) is 6.02. The summed E-state index contributed by atoms with van der Waals surface area (Å²) in [6.45, 7) is 11.6. The monoisotopic (exact) mass is 280 g/mol. The Morgan fingerprint density at radius 2 is 1.85 bits per heavy atom. The second-order valence-electron chi connectivity index (χ2n) is 8.67. The predicted molar refractivity (Wildman–Crippen MR) is 87.7 cm³/mol. The molecule has 0 aromatic carbocycles. The van der Waals surface area contributed by atoms with Crippen LogP contribution in [0.2, 0.25) is 0 Å². The first-order chi connectivity index (χ1) is 9.36. The lowest BCUT2D eigenvalue weighted by molar-refractivity contribution is 0.204. The Labute approximate surface area is 126 Å². The molecule has 0 bridgehead atoms. The molecule has 118 valence electrons. The quantitative estimate of drug-likeness (QED) is 0.748. The standard InChI is InChI=1S/C18H36N2/c1-14(15-7-8-15)12-20-18(13-19)10-5-6-16(9-11-18)17(2,3)4/h14-16,20H,5-13,19H2,1-4H3. The minimum atomic E-state index is 0.225. The van der Waals surface area contributed by atoms with E-state index in [2.05, 4.69) is 33.0 Å². The summed E-state index contributed by atoms with van der Waals surface area (Å²) in [6, 6.07) is 0. The minimum Gasteiger partial charge on any atom is -0.329 e. The first-order valence-electron chi connectivity index (χ1n) is 8.81. The molecule has 2 saturated carbocycles. The molecule has 0 amide bonds. The molecule has 2 fully saturated rings. The highest BCUT2D eigenvalue weighted by Gasteiger charge is 2.36. The molecule has 0 heterocycles. The number of rotatable bonds is 5. The van der Waals surface area contributed by atoms with E-state index in [9.17, 15) is 0 Å². The van der Waals surface area contributed by atoms with E-state index in [1.165, 1.54) is 51.5 Å². The lowest BCUT2D eigenvalue weighted by atomic mass is 9.76. The van der Waals surface area contributed by atoms with Crippen molar-refractivity contribution >= 4 is 0 Å². The molecule has 2 rings (SSSR count). The molecule has 0 aliphatic heterocycles. The lowest BCUT2D eigenvalue weighted by Crippen LogP contribution is -2.52. The highest BCUT2D eigenvalue weighted by atomic mass is 15.0. The van der Waals surface area contributed by atoms with Crippen LogP contribution in [-0.4, -0.2) is 18.6 Å². The third kappa shape index (κ3) is 4.21. The fourth-order valence-corrected chi connectivity index (χ4v) is 3.94. The van der Waals surface area contributed by atoms with E-state index in [1.54, 1.807) is 0 Å². The van der Waals surface area contributed by atoms with Gasteiger partial charge in [0.1, 0.15) is 0 Å². The van der Waals surface area contributed by atoms with Crippen molar-refractivity contribution in [3.8, 4) is 0 Å². The number of nitrogens with two attached hydrogens (primary N) is 1. The molecule has 20 heavy (non-hydrogen) atoms. The second-order valence-corrected chi connectivity index (χ2v) is 8.67. The molecule has 0 radical (unpaired) electrons. The Kier molecular flexibility index (Phi) is 5.18. The number of hydrogen-bond acceptors (Lipinski definition) is 2. The Bertz CT molecular complexity index is 303. The van der Waals surface area contributed by atoms with E-state index in [0.29, 0.717) is 5.41 Å². The van der Waals surface area contributed by atoms with Crippen LogP contribution in [0.1, 0.15) is 72.6 Å². The predicted octanol–water partition coefficient (Wildman–Crippen LogP) is 3.95. The maximum absolute atomic E-state index is 6.18. The Morgan fingerprint density at radius 3 is 2.40 bits per heavy atom. The van der Waals surface area contributed by atoms with E-state index in [4.69, 9.17) is 5.73 Å². The minimum absolute atomic E-state index is 0.225. The SMILES string of the molecule is CC(CNC1(CN)CCCC(C(C)(C)C)CC1)C1CC1. The van der Waals surface area contributed by atoms with Gasteiger partial charge in [0, 0.05) is 12.1 Å². The Hall–Kier alpha value is -0.0800.